The van der Waals surface area contributed by atoms with E-state index in [0.717, 1.165) is 11.6 Å². The van der Waals surface area contributed by atoms with Gasteiger partial charge in [-0.1, -0.05) is 17.7 Å². The number of halogens is 2. The molecule has 5 nitrogen and oxygen atoms in total. The fraction of sp³-hybridized carbons (Fsp3) is 0.176. The average Bonchev–Trinajstić information content (AvgIpc) is 2.53. The quantitative estimate of drug-likeness (QED) is 0.927. The van der Waals surface area contributed by atoms with E-state index in [4.69, 9.17) is 16.3 Å². The van der Waals surface area contributed by atoms with Crippen molar-refractivity contribution in [1.29, 1.82) is 0 Å². The van der Waals surface area contributed by atoms with Crippen LogP contribution in [0.5, 0.6) is 5.75 Å². The number of carbonyl (C=O) groups excluding carboxylic acids is 2. The van der Waals surface area contributed by atoms with Crippen molar-refractivity contribution in [2.45, 2.75) is 6.92 Å². The van der Waals surface area contributed by atoms with Crippen molar-refractivity contribution < 1.29 is 18.7 Å². The molecule has 1 heterocycles. The number of carbonyl (C=O) groups is 2. The number of nitrogens with one attached hydrogen (secondary N) is 1. The number of aryl methyl sites for hydroxylation is 1. The minimum absolute atomic E-state index is 0.00855. The molecule has 124 valence electrons. The van der Waals surface area contributed by atoms with Crippen LogP contribution in [0, 0.1) is 12.7 Å². The number of anilines is 2. The van der Waals surface area contributed by atoms with Crippen LogP contribution in [0.15, 0.2) is 36.4 Å². The van der Waals surface area contributed by atoms with Gasteiger partial charge in [-0.3, -0.25) is 14.5 Å². The molecule has 2 aromatic rings. The van der Waals surface area contributed by atoms with Gasteiger partial charge in [0.15, 0.2) is 6.61 Å². The first-order chi connectivity index (χ1) is 11.4. The Morgan fingerprint density at radius 3 is 2.88 bits per heavy atom. The van der Waals surface area contributed by atoms with Crippen molar-refractivity contribution >= 4 is 34.8 Å². The van der Waals surface area contributed by atoms with Crippen LogP contribution in [0.3, 0.4) is 0 Å². The number of hydrogen-bond donors (Lipinski definition) is 1. The zero-order valence-electron chi connectivity index (χ0n) is 12.8. The predicted octanol–water partition coefficient (Wildman–Crippen LogP) is 3.15. The first-order valence-electron chi connectivity index (χ1n) is 7.23. The number of ether oxygens (including phenoxy) is 1. The van der Waals surface area contributed by atoms with Crippen molar-refractivity contribution in [1.82, 2.24) is 0 Å². The van der Waals surface area contributed by atoms with E-state index in [0.29, 0.717) is 11.4 Å². The van der Waals surface area contributed by atoms with Crippen LogP contribution in [-0.2, 0) is 9.59 Å². The summed E-state index contributed by atoms with van der Waals surface area (Å²) >= 11 is 5.68. The molecule has 0 atom stereocenters. The smallest absolute Gasteiger partial charge is 0.265 e. The molecule has 0 fully saturated rings. The van der Waals surface area contributed by atoms with Gasteiger partial charge >= 0.3 is 0 Å². The minimum atomic E-state index is -0.639. The lowest BCUT2D eigenvalue weighted by Crippen LogP contribution is -2.43. The van der Waals surface area contributed by atoms with Gasteiger partial charge in [0.1, 0.15) is 18.1 Å². The van der Waals surface area contributed by atoms with Crippen LogP contribution in [0.4, 0.5) is 15.8 Å². The standard InChI is InChI=1S/C17H14ClFN2O3/c1-10-2-5-14-15(6-10)24-9-17(23)21(14)8-16(22)20-13-4-3-11(18)7-12(13)19/h2-7H,8-9H2,1H3,(H,20,22). The molecule has 0 unspecified atom stereocenters. The SMILES string of the molecule is Cc1ccc2c(c1)OCC(=O)N2CC(=O)Nc1ccc(Cl)cc1F. The molecule has 0 spiro atoms. The van der Waals surface area contributed by atoms with Gasteiger partial charge in [0, 0.05) is 5.02 Å². The third kappa shape index (κ3) is 3.33. The molecule has 1 aliphatic heterocycles. The maximum Gasteiger partial charge on any atom is 0.265 e. The highest BCUT2D eigenvalue weighted by molar-refractivity contribution is 6.30. The van der Waals surface area contributed by atoms with Crippen LogP contribution in [0.2, 0.25) is 5.02 Å². The van der Waals surface area contributed by atoms with Gasteiger partial charge in [0.25, 0.3) is 5.91 Å². The second kappa shape index (κ2) is 6.49. The second-order valence-corrected chi connectivity index (χ2v) is 5.85. The first kappa shape index (κ1) is 16.3. The molecule has 2 aromatic carbocycles. The zero-order valence-corrected chi connectivity index (χ0v) is 13.6. The van der Waals surface area contributed by atoms with E-state index in [9.17, 15) is 14.0 Å². The Bertz CT molecular complexity index is 825. The lowest BCUT2D eigenvalue weighted by atomic mass is 10.1. The van der Waals surface area contributed by atoms with Crippen LogP contribution in [-0.4, -0.2) is 25.0 Å². The Kier molecular flexibility index (Phi) is 4.40. The molecule has 1 N–H and O–H groups in total. The van der Waals surface area contributed by atoms with Crippen molar-refractivity contribution in [3.05, 3.63) is 52.8 Å². The fourth-order valence-corrected chi connectivity index (χ4v) is 2.57. The predicted molar refractivity (Wildman–Crippen MR) is 89.1 cm³/mol. The summed E-state index contributed by atoms with van der Waals surface area (Å²) in [5, 5.41) is 2.67. The number of rotatable bonds is 3. The minimum Gasteiger partial charge on any atom is -0.482 e. The maximum atomic E-state index is 13.7. The summed E-state index contributed by atoms with van der Waals surface area (Å²) in [5.41, 5.74) is 1.51. The number of hydrogen-bond acceptors (Lipinski definition) is 3. The van der Waals surface area contributed by atoms with E-state index >= 15 is 0 Å². The molecule has 7 heteroatoms. The molecule has 3 rings (SSSR count). The number of benzene rings is 2. The number of fused-ring (bicyclic) bond motifs is 1. The van der Waals surface area contributed by atoms with Crippen molar-refractivity contribution in [3.8, 4) is 5.75 Å². The van der Waals surface area contributed by atoms with Gasteiger partial charge in [0.2, 0.25) is 5.91 Å². The topological polar surface area (TPSA) is 58.6 Å². The van der Waals surface area contributed by atoms with E-state index in [1.165, 1.54) is 17.0 Å². The maximum absolute atomic E-state index is 13.7. The zero-order chi connectivity index (χ0) is 17.3. The van der Waals surface area contributed by atoms with Crippen molar-refractivity contribution in [3.63, 3.8) is 0 Å². The van der Waals surface area contributed by atoms with Gasteiger partial charge < -0.3 is 10.1 Å². The summed E-state index contributed by atoms with van der Waals surface area (Å²) in [6.45, 7) is 1.53. The van der Waals surface area contributed by atoms with E-state index in [2.05, 4.69) is 5.32 Å². The molecule has 0 saturated heterocycles. The summed E-state index contributed by atoms with van der Waals surface area (Å²) in [6.07, 6.45) is 0. The van der Waals surface area contributed by atoms with Crippen LogP contribution < -0.4 is 15.0 Å². The molecule has 2 amide bonds. The van der Waals surface area contributed by atoms with Gasteiger partial charge in [-0.15, -0.1) is 0 Å². The fourth-order valence-electron chi connectivity index (χ4n) is 2.41. The largest absolute Gasteiger partial charge is 0.482 e. The van der Waals surface area contributed by atoms with Crippen molar-refractivity contribution in [2.24, 2.45) is 0 Å². The molecule has 0 aromatic heterocycles. The summed E-state index contributed by atoms with van der Waals surface area (Å²) in [7, 11) is 0. The summed E-state index contributed by atoms with van der Waals surface area (Å²) in [4.78, 5) is 25.6. The first-order valence-corrected chi connectivity index (χ1v) is 7.60. The highest BCUT2D eigenvalue weighted by Gasteiger charge is 2.27. The van der Waals surface area contributed by atoms with Gasteiger partial charge in [-0.25, -0.2) is 4.39 Å². The van der Waals surface area contributed by atoms with Crippen LogP contribution in [0.25, 0.3) is 0 Å². The van der Waals surface area contributed by atoms with Crippen molar-refractivity contribution in [2.75, 3.05) is 23.4 Å². The van der Waals surface area contributed by atoms with E-state index < -0.39 is 11.7 Å². The monoisotopic (exact) mass is 348 g/mol. The highest BCUT2D eigenvalue weighted by atomic mass is 35.5. The molecular formula is C17H14ClFN2O3. The lowest BCUT2D eigenvalue weighted by Gasteiger charge is -2.29. The van der Waals surface area contributed by atoms with E-state index in [1.54, 1.807) is 12.1 Å². The summed E-state index contributed by atoms with van der Waals surface area (Å²) in [5.74, 6) is -0.948. The molecule has 0 radical (unpaired) electrons. The van der Waals surface area contributed by atoms with Gasteiger partial charge in [0.05, 0.1) is 11.4 Å². The van der Waals surface area contributed by atoms with Crippen LogP contribution >= 0.6 is 11.6 Å². The molecule has 0 bridgehead atoms. The molecule has 1 aliphatic rings. The molecule has 0 aliphatic carbocycles. The van der Waals surface area contributed by atoms with E-state index in [1.807, 2.05) is 13.0 Å². The Balaban J connectivity index is 1.78. The summed E-state index contributed by atoms with van der Waals surface area (Å²) in [6, 6.07) is 9.29. The Morgan fingerprint density at radius 1 is 1.33 bits per heavy atom. The number of nitrogens with zero attached hydrogens (tertiary/aromatic N) is 1. The summed E-state index contributed by atoms with van der Waals surface area (Å²) < 4.78 is 19.1. The van der Waals surface area contributed by atoms with Gasteiger partial charge in [-0.2, -0.15) is 0 Å². The van der Waals surface area contributed by atoms with Crippen LogP contribution in [0.1, 0.15) is 5.56 Å². The average molecular weight is 349 g/mol. The highest BCUT2D eigenvalue weighted by Crippen LogP contribution is 2.32. The normalized spacial score (nSPS) is 13.3. The third-order valence-electron chi connectivity index (χ3n) is 3.57. The molecule has 0 saturated carbocycles. The number of amides is 2. The third-order valence-corrected chi connectivity index (χ3v) is 3.80. The molecular weight excluding hydrogens is 335 g/mol. The lowest BCUT2D eigenvalue weighted by molar-refractivity contribution is -0.123. The Morgan fingerprint density at radius 2 is 2.12 bits per heavy atom. The molecule has 24 heavy (non-hydrogen) atoms. The second-order valence-electron chi connectivity index (χ2n) is 5.41. The van der Waals surface area contributed by atoms with E-state index in [-0.39, 0.29) is 29.8 Å². The Hall–Kier alpha value is -2.60. The Labute approximate surface area is 143 Å². The van der Waals surface area contributed by atoms with Gasteiger partial charge in [-0.05, 0) is 42.8 Å².